The molecule has 2 aromatic rings. The van der Waals surface area contributed by atoms with Crippen LogP contribution in [0.25, 0.3) is 0 Å². The summed E-state index contributed by atoms with van der Waals surface area (Å²) in [5.41, 5.74) is -0.782. The summed E-state index contributed by atoms with van der Waals surface area (Å²) in [6.07, 6.45) is -1.50. The molecule has 6 rings (SSSR count). The molecular weight excluding hydrogens is 510 g/mol. The minimum atomic E-state index is -3.02. The second kappa shape index (κ2) is 10.3. The first kappa shape index (κ1) is 26.6. The summed E-state index contributed by atoms with van der Waals surface area (Å²) in [4.78, 5) is 17.0. The van der Waals surface area contributed by atoms with E-state index in [2.05, 4.69) is 15.5 Å². The Morgan fingerprint density at radius 1 is 1.08 bits per heavy atom. The lowest BCUT2D eigenvalue weighted by molar-refractivity contribution is 0.0257. The molecule has 2 bridgehead atoms. The van der Waals surface area contributed by atoms with Crippen molar-refractivity contribution in [1.82, 2.24) is 10.2 Å². The molecule has 4 aliphatic rings. The molecule has 0 spiro atoms. The van der Waals surface area contributed by atoms with Gasteiger partial charge in [0, 0.05) is 31.1 Å². The van der Waals surface area contributed by atoms with E-state index in [1.807, 2.05) is 0 Å². The first-order valence-electron chi connectivity index (χ1n) is 12.8. The molecule has 4 aliphatic heterocycles. The lowest BCUT2D eigenvalue weighted by atomic mass is 9.84. The third kappa shape index (κ3) is 5.30. The van der Waals surface area contributed by atoms with Gasteiger partial charge in [0.2, 0.25) is 0 Å². The van der Waals surface area contributed by atoms with Crippen LogP contribution >= 0.6 is 0 Å². The lowest BCUT2D eigenvalue weighted by Gasteiger charge is -2.45. The number of nitrogens with zero attached hydrogens (tertiary/aromatic N) is 2. The summed E-state index contributed by atoms with van der Waals surface area (Å²) in [5, 5.41) is 5.92. The molecule has 4 fully saturated rings. The second-order valence-corrected chi connectivity index (χ2v) is 10.5. The van der Waals surface area contributed by atoms with E-state index < -0.39 is 54.5 Å². The van der Waals surface area contributed by atoms with Gasteiger partial charge >= 0.3 is 0 Å². The SMILES string of the molecule is C[C@@H](NC(=O)c1cc(N2CCC(F)(F)C2)c(F)cc1NC1CN2CCC1CC2)c1cccc(C(F)F)c1F. The molecule has 2 atom stereocenters. The standard InChI is InChI=1S/C27H30F6N4O/c1-15(17-3-2-4-18(24(17)29)25(30)31)34-26(38)19-11-23(37-10-7-27(32,33)14-37)20(28)12-21(19)35-22-13-36-8-5-16(22)6-9-36/h2-4,11-12,15-16,22,25,35H,5-10,13-14H2,1H3,(H,34,38)/t15-,22?/m1/s1. The van der Waals surface area contributed by atoms with Crippen LogP contribution in [0.4, 0.5) is 37.7 Å². The number of rotatable bonds is 7. The van der Waals surface area contributed by atoms with Gasteiger partial charge in [-0.25, -0.2) is 26.3 Å². The molecule has 0 saturated carbocycles. The normalized spacial score (nSPS) is 25.1. The fraction of sp³-hybridized carbons (Fsp3) is 0.519. The lowest BCUT2D eigenvalue weighted by Crippen LogP contribution is -2.53. The van der Waals surface area contributed by atoms with Crippen LogP contribution in [0.5, 0.6) is 0 Å². The van der Waals surface area contributed by atoms with Gasteiger partial charge in [-0.05, 0) is 50.9 Å². The molecule has 0 radical (unpaired) electrons. The van der Waals surface area contributed by atoms with E-state index in [9.17, 15) is 26.7 Å². The Hall–Kier alpha value is -2.95. The number of hydrogen-bond donors (Lipinski definition) is 2. The van der Waals surface area contributed by atoms with Gasteiger partial charge < -0.3 is 20.4 Å². The summed E-state index contributed by atoms with van der Waals surface area (Å²) in [6, 6.07) is 4.95. The average Bonchev–Trinajstić information content (AvgIpc) is 3.23. The average molecular weight is 541 g/mol. The predicted octanol–water partition coefficient (Wildman–Crippen LogP) is 5.74. The van der Waals surface area contributed by atoms with Crippen molar-refractivity contribution in [3.05, 3.63) is 58.7 Å². The Balaban J connectivity index is 1.45. The number of nitrogens with one attached hydrogen (secondary N) is 2. The second-order valence-electron chi connectivity index (χ2n) is 10.5. The van der Waals surface area contributed by atoms with Gasteiger partial charge in [0.25, 0.3) is 18.3 Å². The number of halogens is 6. The van der Waals surface area contributed by atoms with Gasteiger partial charge in [0.1, 0.15) is 11.6 Å². The molecule has 2 N–H and O–H groups in total. The largest absolute Gasteiger partial charge is 0.380 e. The monoisotopic (exact) mass is 540 g/mol. The van der Waals surface area contributed by atoms with Gasteiger partial charge in [-0.2, -0.15) is 0 Å². The number of hydrogen-bond acceptors (Lipinski definition) is 4. The minimum Gasteiger partial charge on any atom is -0.380 e. The molecule has 1 amide bonds. The highest BCUT2D eigenvalue weighted by Crippen LogP contribution is 2.37. The van der Waals surface area contributed by atoms with E-state index in [1.54, 1.807) is 0 Å². The molecule has 4 heterocycles. The summed E-state index contributed by atoms with van der Waals surface area (Å²) >= 11 is 0. The molecule has 206 valence electrons. The summed E-state index contributed by atoms with van der Waals surface area (Å²) < 4.78 is 84.1. The van der Waals surface area contributed by atoms with Gasteiger partial charge in [-0.3, -0.25) is 4.79 Å². The van der Waals surface area contributed by atoms with E-state index in [-0.39, 0.29) is 35.1 Å². The highest BCUT2D eigenvalue weighted by Gasteiger charge is 2.40. The fourth-order valence-electron chi connectivity index (χ4n) is 5.80. The van der Waals surface area contributed by atoms with Crippen LogP contribution in [0.2, 0.25) is 0 Å². The molecule has 0 aliphatic carbocycles. The molecule has 38 heavy (non-hydrogen) atoms. The molecule has 2 aromatic carbocycles. The van der Waals surface area contributed by atoms with Crippen molar-refractivity contribution in [1.29, 1.82) is 0 Å². The van der Waals surface area contributed by atoms with Crippen LogP contribution in [0.1, 0.15) is 60.1 Å². The summed E-state index contributed by atoms with van der Waals surface area (Å²) in [7, 11) is 0. The zero-order valence-corrected chi connectivity index (χ0v) is 20.9. The number of alkyl halides is 4. The molecule has 4 saturated heterocycles. The smallest absolute Gasteiger partial charge is 0.266 e. The molecule has 5 nitrogen and oxygen atoms in total. The quantitative estimate of drug-likeness (QED) is 0.440. The van der Waals surface area contributed by atoms with Crippen molar-refractivity contribution in [2.75, 3.05) is 42.9 Å². The number of amides is 1. The van der Waals surface area contributed by atoms with Crippen LogP contribution in [0.3, 0.4) is 0 Å². The van der Waals surface area contributed by atoms with E-state index >= 15 is 4.39 Å². The highest BCUT2D eigenvalue weighted by molar-refractivity contribution is 6.01. The van der Waals surface area contributed by atoms with Gasteiger partial charge in [0.15, 0.2) is 0 Å². The number of carbonyl (C=O) groups is 1. The molecule has 11 heteroatoms. The van der Waals surface area contributed by atoms with E-state index in [0.717, 1.165) is 44.6 Å². The maximum absolute atomic E-state index is 15.3. The molecule has 1 unspecified atom stereocenters. The van der Waals surface area contributed by atoms with Crippen LogP contribution in [-0.2, 0) is 0 Å². The topological polar surface area (TPSA) is 47.6 Å². The van der Waals surface area contributed by atoms with Crippen molar-refractivity contribution < 1.29 is 31.1 Å². The van der Waals surface area contributed by atoms with Gasteiger partial charge in [0.05, 0.1) is 35.1 Å². The first-order valence-corrected chi connectivity index (χ1v) is 12.8. The number of benzene rings is 2. The van der Waals surface area contributed by atoms with Crippen LogP contribution in [-0.4, -0.2) is 55.5 Å². The third-order valence-electron chi connectivity index (χ3n) is 7.95. The van der Waals surface area contributed by atoms with Crippen LogP contribution in [0, 0.1) is 17.6 Å². The van der Waals surface area contributed by atoms with Crippen LogP contribution < -0.4 is 15.5 Å². The Bertz CT molecular complexity index is 1200. The summed E-state index contributed by atoms with van der Waals surface area (Å²) in [6.45, 7) is 3.41. The molecular formula is C27H30F6N4O. The number of piperidine rings is 3. The highest BCUT2D eigenvalue weighted by atomic mass is 19.3. The predicted molar refractivity (Wildman–Crippen MR) is 132 cm³/mol. The van der Waals surface area contributed by atoms with Crippen LogP contribution in [0.15, 0.2) is 30.3 Å². The third-order valence-corrected chi connectivity index (χ3v) is 7.95. The maximum Gasteiger partial charge on any atom is 0.266 e. The Kier molecular flexibility index (Phi) is 7.23. The molecule has 0 aromatic heterocycles. The Morgan fingerprint density at radius 2 is 1.79 bits per heavy atom. The van der Waals surface area contributed by atoms with Crippen molar-refractivity contribution in [3.63, 3.8) is 0 Å². The Morgan fingerprint density at radius 3 is 2.39 bits per heavy atom. The maximum atomic E-state index is 15.3. The van der Waals surface area contributed by atoms with Crippen molar-refractivity contribution in [2.45, 2.75) is 50.6 Å². The fourth-order valence-corrected chi connectivity index (χ4v) is 5.80. The van der Waals surface area contributed by atoms with E-state index in [1.165, 1.54) is 30.0 Å². The van der Waals surface area contributed by atoms with Crippen molar-refractivity contribution in [2.24, 2.45) is 5.92 Å². The number of carbonyl (C=O) groups excluding carboxylic acids is 1. The van der Waals surface area contributed by atoms with Crippen molar-refractivity contribution in [3.8, 4) is 0 Å². The summed E-state index contributed by atoms with van der Waals surface area (Å²) in [5.74, 6) is -5.16. The zero-order chi connectivity index (χ0) is 27.2. The number of anilines is 2. The minimum absolute atomic E-state index is 0.0188. The zero-order valence-electron chi connectivity index (χ0n) is 20.9. The van der Waals surface area contributed by atoms with Gasteiger partial charge in [-0.1, -0.05) is 18.2 Å². The first-order chi connectivity index (χ1) is 18.0. The Labute approximate surface area is 217 Å². The van der Waals surface area contributed by atoms with E-state index in [0.29, 0.717) is 5.92 Å². The van der Waals surface area contributed by atoms with Crippen molar-refractivity contribution >= 4 is 17.3 Å². The number of fused-ring (bicyclic) bond motifs is 3. The van der Waals surface area contributed by atoms with E-state index in [4.69, 9.17) is 0 Å². The van der Waals surface area contributed by atoms with Gasteiger partial charge in [-0.15, -0.1) is 0 Å².